The second-order valence-corrected chi connectivity index (χ2v) is 9.48. The van der Waals surface area contributed by atoms with E-state index in [1.165, 1.54) is 17.2 Å². The molecule has 0 radical (unpaired) electrons. The second kappa shape index (κ2) is 9.64. The van der Waals surface area contributed by atoms with Crippen molar-refractivity contribution >= 4 is 5.65 Å². The lowest BCUT2D eigenvalue weighted by Gasteiger charge is -2.32. The lowest BCUT2D eigenvalue weighted by Crippen LogP contribution is -2.43. The molecule has 6 heteroatoms. The molecule has 1 aliphatic heterocycles. The molecule has 0 saturated carbocycles. The highest BCUT2D eigenvalue weighted by Gasteiger charge is 2.15. The number of hydrogen-bond donors (Lipinski definition) is 0. The van der Waals surface area contributed by atoms with Gasteiger partial charge in [0.1, 0.15) is 11.5 Å². The van der Waals surface area contributed by atoms with Crippen molar-refractivity contribution in [1.82, 2.24) is 24.2 Å². The molecule has 36 heavy (non-hydrogen) atoms. The van der Waals surface area contributed by atoms with E-state index in [1.54, 1.807) is 18.3 Å². The Morgan fingerprint density at radius 3 is 2.50 bits per heavy atom. The van der Waals surface area contributed by atoms with Crippen molar-refractivity contribution in [2.24, 2.45) is 0 Å². The van der Waals surface area contributed by atoms with Crippen molar-refractivity contribution in [3.05, 3.63) is 103 Å². The van der Waals surface area contributed by atoms with Gasteiger partial charge in [0.15, 0.2) is 0 Å². The first kappa shape index (κ1) is 22.6. The molecular weight excluding hydrogens is 449 g/mol. The predicted octanol–water partition coefficient (Wildman–Crippen LogP) is 5.62. The minimum Gasteiger partial charge on any atom is -0.304 e. The second-order valence-electron chi connectivity index (χ2n) is 9.48. The quantitative estimate of drug-likeness (QED) is 0.329. The van der Waals surface area contributed by atoms with E-state index >= 15 is 0 Å². The Morgan fingerprint density at radius 1 is 0.806 bits per heavy atom. The van der Waals surface area contributed by atoms with Crippen LogP contribution >= 0.6 is 0 Å². The molecule has 5 nitrogen and oxygen atoms in total. The summed E-state index contributed by atoms with van der Waals surface area (Å²) in [5.41, 5.74) is 7.52. The summed E-state index contributed by atoms with van der Waals surface area (Å²) in [6.07, 6.45) is 5.64. The highest BCUT2D eigenvalue weighted by atomic mass is 19.1. The van der Waals surface area contributed by atoms with Crippen LogP contribution in [0.25, 0.3) is 39.3 Å². The molecule has 0 atom stereocenters. The highest BCUT2D eigenvalue weighted by Crippen LogP contribution is 2.29. The molecule has 0 unspecified atom stereocenters. The fourth-order valence-electron chi connectivity index (χ4n) is 4.89. The number of hydrogen-bond acceptors (Lipinski definition) is 4. The number of piperazine rings is 1. The lowest BCUT2D eigenvalue weighted by molar-refractivity contribution is 0.148. The molecule has 1 saturated heterocycles. The maximum atomic E-state index is 14.3. The van der Waals surface area contributed by atoms with Gasteiger partial charge in [-0.15, -0.1) is 0 Å². The van der Waals surface area contributed by atoms with Crippen molar-refractivity contribution in [3.8, 4) is 33.6 Å². The van der Waals surface area contributed by atoms with Crippen molar-refractivity contribution < 1.29 is 4.39 Å². The third-order valence-corrected chi connectivity index (χ3v) is 6.98. The lowest BCUT2D eigenvalue weighted by atomic mass is 10.0. The molecule has 1 fully saturated rings. The first-order valence-electron chi connectivity index (χ1n) is 12.3. The first-order valence-corrected chi connectivity index (χ1v) is 12.3. The number of likely N-dealkylation sites (N-methyl/N-ethyl adjacent to an activating group) is 1. The van der Waals surface area contributed by atoms with Crippen LogP contribution in [0.4, 0.5) is 4.39 Å². The molecule has 180 valence electrons. The molecule has 0 aliphatic carbocycles. The summed E-state index contributed by atoms with van der Waals surface area (Å²) < 4.78 is 16.4. The molecule has 3 aromatic heterocycles. The Morgan fingerprint density at radius 2 is 1.64 bits per heavy atom. The number of imidazole rings is 1. The van der Waals surface area contributed by atoms with Crippen LogP contribution in [-0.4, -0.2) is 57.4 Å². The van der Waals surface area contributed by atoms with Gasteiger partial charge >= 0.3 is 0 Å². The Kier molecular flexibility index (Phi) is 6.05. The number of rotatable bonds is 5. The van der Waals surface area contributed by atoms with E-state index in [4.69, 9.17) is 0 Å². The fourth-order valence-corrected chi connectivity index (χ4v) is 4.89. The fraction of sp³-hybridized carbons (Fsp3) is 0.200. The van der Waals surface area contributed by atoms with Crippen LogP contribution in [0, 0.1) is 5.82 Å². The predicted molar refractivity (Wildman–Crippen MR) is 142 cm³/mol. The number of nitrogens with zero attached hydrogens (tertiary/aromatic N) is 5. The average molecular weight is 478 g/mol. The zero-order valence-corrected chi connectivity index (χ0v) is 20.3. The zero-order valence-electron chi connectivity index (χ0n) is 20.3. The van der Waals surface area contributed by atoms with E-state index in [1.807, 2.05) is 24.4 Å². The maximum Gasteiger partial charge on any atom is 0.137 e. The van der Waals surface area contributed by atoms with Crippen LogP contribution in [0.1, 0.15) is 5.56 Å². The molecule has 0 bridgehead atoms. The van der Waals surface area contributed by atoms with Gasteiger partial charge in [-0.3, -0.25) is 14.3 Å². The van der Waals surface area contributed by atoms with E-state index in [2.05, 4.69) is 73.8 Å². The summed E-state index contributed by atoms with van der Waals surface area (Å²) >= 11 is 0. The first-order chi connectivity index (χ1) is 17.6. The zero-order chi connectivity index (χ0) is 24.5. The smallest absolute Gasteiger partial charge is 0.137 e. The number of fused-ring (bicyclic) bond motifs is 1. The Balaban J connectivity index is 1.28. The van der Waals surface area contributed by atoms with Gasteiger partial charge in [-0.25, -0.2) is 9.37 Å². The summed E-state index contributed by atoms with van der Waals surface area (Å²) in [7, 11) is 2.19. The van der Waals surface area contributed by atoms with Gasteiger partial charge in [-0.2, -0.15) is 0 Å². The molecule has 6 rings (SSSR count). The SMILES string of the molecule is CN1CCN(Cc2cccc(-c3ccn4c(-c5ccnc(-c6ccccc6F)c5)cnc4c3)c2)CC1. The minimum atomic E-state index is -0.278. The van der Waals surface area contributed by atoms with Crippen molar-refractivity contribution in [2.75, 3.05) is 33.2 Å². The molecule has 4 heterocycles. The highest BCUT2D eigenvalue weighted by molar-refractivity contribution is 5.73. The maximum absolute atomic E-state index is 14.3. The van der Waals surface area contributed by atoms with Crippen molar-refractivity contribution in [3.63, 3.8) is 0 Å². The number of halogens is 1. The Labute approximate surface area is 210 Å². The van der Waals surface area contributed by atoms with Gasteiger partial charge in [-0.05, 0) is 66.2 Å². The van der Waals surface area contributed by atoms with Crippen LogP contribution < -0.4 is 0 Å². The van der Waals surface area contributed by atoms with Gasteiger partial charge in [0.05, 0.1) is 17.6 Å². The molecule has 0 N–H and O–H groups in total. The van der Waals surface area contributed by atoms with Crippen LogP contribution in [0.15, 0.2) is 91.4 Å². The van der Waals surface area contributed by atoms with Crippen molar-refractivity contribution in [1.29, 1.82) is 0 Å². The standard InChI is InChI=1S/C30H28FN5/c1-34-13-15-35(16-14-34)21-22-5-4-6-23(17-22)24-10-12-36-29(20-33-30(36)19-24)25-9-11-32-28(18-25)26-7-2-3-8-27(26)31/h2-12,17-20H,13-16,21H2,1H3. The number of pyridine rings is 2. The molecule has 0 amide bonds. The van der Waals surface area contributed by atoms with Crippen LogP contribution in [0.5, 0.6) is 0 Å². The van der Waals surface area contributed by atoms with E-state index in [-0.39, 0.29) is 5.82 Å². The summed E-state index contributed by atoms with van der Waals surface area (Å²) in [5.74, 6) is -0.278. The average Bonchev–Trinajstić information content (AvgIpc) is 3.34. The number of benzene rings is 2. The summed E-state index contributed by atoms with van der Waals surface area (Å²) in [4.78, 5) is 14.0. The Bertz CT molecular complexity index is 1520. The van der Waals surface area contributed by atoms with Crippen molar-refractivity contribution in [2.45, 2.75) is 6.54 Å². The summed E-state index contributed by atoms with van der Waals surface area (Å²) in [6, 6.07) is 23.6. The van der Waals surface area contributed by atoms with Crippen LogP contribution in [0.2, 0.25) is 0 Å². The third-order valence-electron chi connectivity index (χ3n) is 6.98. The van der Waals surface area contributed by atoms with Crippen LogP contribution in [0.3, 0.4) is 0 Å². The molecule has 5 aromatic rings. The number of aromatic nitrogens is 3. The van der Waals surface area contributed by atoms with Gasteiger partial charge in [0, 0.05) is 56.2 Å². The molecule has 1 aliphatic rings. The van der Waals surface area contributed by atoms with Crippen LogP contribution in [-0.2, 0) is 6.54 Å². The third kappa shape index (κ3) is 4.53. The largest absolute Gasteiger partial charge is 0.304 e. The Hall–Kier alpha value is -3.87. The summed E-state index contributed by atoms with van der Waals surface area (Å²) in [6.45, 7) is 5.44. The topological polar surface area (TPSA) is 36.7 Å². The monoisotopic (exact) mass is 477 g/mol. The normalized spacial score (nSPS) is 14.9. The van der Waals surface area contributed by atoms with Gasteiger partial charge < -0.3 is 4.90 Å². The van der Waals surface area contributed by atoms with E-state index in [0.717, 1.165) is 55.2 Å². The minimum absolute atomic E-state index is 0.278. The van der Waals surface area contributed by atoms with E-state index in [9.17, 15) is 4.39 Å². The van der Waals surface area contributed by atoms with Gasteiger partial charge in [0.2, 0.25) is 0 Å². The van der Waals surface area contributed by atoms with E-state index in [0.29, 0.717) is 11.3 Å². The molecular formula is C30H28FN5. The van der Waals surface area contributed by atoms with Gasteiger partial charge in [-0.1, -0.05) is 30.3 Å². The van der Waals surface area contributed by atoms with E-state index < -0.39 is 0 Å². The molecule has 2 aromatic carbocycles. The van der Waals surface area contributed by atoms with Gasteiger partial charge in [0.25, 0.3) is 0 Å². The summed E-state index contributed by atoms with van der Waals surface area (Å²) in [5, 5.41) is 0. The molecule has 0 spiro atoms.